The Morgan fingerprint density at radius 1 is 0.486 bits per heavy atom. The van der Waals surface area contributed by atoms with Crippen molar-refractivity contribution in [2.45, 2.75) is 0 Å². The zero-order valence-electron chi connectivity index (χ0n) is 19.6. The van der Waals surface area contributed by atoms with Crippen molar-refractivity contribution in [1.29, 1.82) is 0 Å². The van der Waals surface area contributed by atoms with Crippen LogP contribution in [0.25, 0.3) is 66.6 Å². The van der Waals surface area contributed by atoms with Crippen molar-refractivity contribution in [2.75, 3.05) is 0 Å². The molecule has 4 aromatic carbocycles. The van der Waals surface area contributed by atoms with Crippen LogP contribution in [0.15, 0.2) is 115 Å². The second kappa shape index (κ2) is 8.77. The highest BCUT2D eigenvalue weighted by atomic mass is 35.5. The van der Waals surface area contributed by atoms with Crippen molar-refractivity contribution in [1.82, 2.24) is 19.9 Å². The highest BCUT2D eigenvalue weighted by molar-refractivity contribution is 6.30. The third kappa shape index (κ3) is 3.88. The minimum atomic E-state index is 0.457. The normalized spacial score (nSPS) is 11.4. The Morgan fingerprint density at radius 2 is 1.16 bits per heavy atom. The molecule has 5 heteroatoms. The Kier molecular flexibility index (Phi) is 5.12. The largest absolute Gasteiger partial charge is 0.245 e. The third-order valence-corrected chi connectivity index (χ3v) is 6.76. The maximum absolute atomic E-state index is 6.22. The first-order chi connectivity index (χ1) is 18.2. The molecule has 3 heterocycles. The lowest BCUT2D eigenvalue weighted by Crippen LogP contribution is -1.95. The summed E-state index contributed by atoms with van der Waals surface area (Å²) in [5, 5.41) is 3.50. The summed E-state index contributed by atoms with van der Waals surface area (Å²) in [5.74, 6) is 0.706. The molecule has 3 aromatic heterocycles. The molecule has 174 valence electrons. The molecule has 0 aliphatic rings. The van der Waals surface area contributed by atoms with Gasteiger partial charge in [-0.15, -0.1) is 0 Å². The standard InChI is InChI=1S/C32H19ClN4/c33-28-18-16-21-14-13-20-15-17-26(34-30(20)31(21)36-28)23-9-6-10-24(19-23)29-25-11-4-5-12-27(25)35-32(37-29)22-7-2-1-3-8-22/h1-19H. The SMILES string of the molecule is Clc1ccc2ccc3ccc(-c4cccc(-c5nc(-c6ccccc6)nc6ccccc56)c4)nc3c2n1. The van der Waals surface area contributed by atoms with Gasteiger partial charge >= 0.3 is 0 Å². The van der Waals surface area contributed by atoms with E-state index in [1.54, 1.807) is 6.07 Å². The number of nitrogens with zero attached hydrogens (tertiary/aromatic N) is 4. The summed E-state index contributed by atoms with van der Waals surface area (Å²) < 4.78 is 0. The number of rotatable bonds is 3. The van der Waals surface area contributed by atoms with E-state index in [-0.39, 0.29) is 0 Å². The highest BCUT2D eigenvalue weighted by Gasteiger charge is 2.13. The molecule has 0 saturated heterocycles. The Morgan fingerprint density at radius 3 is 2.03 bits per heavy atom. The predicted molar refractivity (Wildman–Crippen MR) is 151 cm³/mol. The van der Waals surface area contributed by atoms with Crippen molar-refractivity contribution in [2.24, 2.45) is 0 Å². The number of halogens is 1. The second-order valence-electron chi connectivity index (χ2n) is 8.90. The molecule has 0 atom stereocenters. The molecule has 0 aliphatic heterocycles. The average molecular weight is 495 g/mol. The summed E-state index contributed by atoms with van der Waals surface area (Å²) in [6.07, 6.45) is 0. The van der Waals surface area contributed by atoms with E-state index in [0.717, 1.165) is 60.8 Å². The minimum absolute atomic E-state index is 0.457. The maximum Gasteiger partial charge on any atom is 0.160 e. The Balaban J connectivity index is 1.41. The summed E-state index contributed by atoms with van der Waals surface area (Å²) >= 11 is 6.22. The van der Waals surface area contributed by atoms with Crippen LogP contribution in [0.5, 0.6) is 0 Å². The zero-order chi connectivity index (χ0) is 24.8. The van der Waals surface area contributed by atoms with Crippen molar-refractivity contribution < 1.29 is 0 Å². The van der Waals surface area contributed by atoms with Crippen LogP contribution < -0.4 is 0 Å². The van der Waals surface area contributed by atoms with E-state index < -0.39 is 0 Å². The quantitative estimate of drug-likeness (QED) is 0.183. The lowest BCUT2D eigenvalue weighted by molar-refractivity contribution is 1.23. The molecule has 0 aliphatic carbocycles. The van der Waals surface area contributed by atoms with Gasteiger partial charge in [-0.2, -0.15) is 0 Å². The van der Waals surface area contributed by atoms with Gasteiger partial charge in [0.1, 0.15) is 5.15 Å². The van der Waals surface area contributed by atoms with Crippen LogP contribution in [0.1, 0.15) is 0 Å². The number of fused-ring (bicyclic) bond motifs is 4. The van der Waals surface area contributed by atoms with Gasteiger partial charge in [-0.1, -0.05) is 96.5 Å². The van der Waals surface area contributed by atoms with Crippen LogP contribution in [0.3, 0.4) is 0 Å². The Labute approximate surface area is 218 Å². The number of hydrogen-bond donors (Lipinski definition) is 0. The molecule has 0 radical (unpaired) electrons. The highest BCUT2D eigenvalue weighted by Crippen LogP contribution is 2.32. The van der Waals surface area contributed by atoms with E-state index in [1.807, 2.05) is 72.8 Å². The van der Waals surface area contributed by atoms with Gasteiger partial charge in [0.25, 0.3) is 0 Å². The van der Waals surface area contributed by atoms with E-state index in [1.165, 1.54) is 0 Å². The lowest BCUT2D eigenvalue weighted by atomic mass is 10.0. The van der Waals surface area contributed by atoms with Crippen LogP contribution in [0.4, 0.5) is 0 Å². The molecule has 0 saturated carbocycles. The monoisotopic (exact) mass is 494 g/mol. The fourth-order valence-corrected chi connectivity index (χ4v) is 4.89. The van der Waals surface area contributed by atoms with Crippen molar-refractivity contribution in [3.05, 3.63) is 120 Å². The molecule has 0 fully saturated rings. The first kappa shape index (κ1) is 21.6. The topological polar surface area (TPSA) is 51.6 Å². The minimum Gasteiger partial charge on any atom is -0.245 e. The van der Waals surface area contributed by atoms with Crippen molar-refractivity contribution in [3.8, 4) is 33.9 Å². The van der Waals surface area contributed by atoms with E-state index in [0.29, 0.717) is 11.0 Å². The first-order valence-corrected chi connectivity index (χ1v) is 12.4. The van der Waals surface area contributed by atoms with E-state index in [9.17, 15) is 0 Å². The fourth-order valence-electron chi connectivity index (χ4n) is 4.74. The van der Waals surface area contributed by atoms with Crippen molar-refractivity contribution >= 4 is 44.3 Å². The third-order valence-electron chi connectivity index (χ3n) is 6.55. The van der Waals surface area contributed by atoms with Crippen LogP contribution >= 0.6 is 11.6 Å². The van der Waals surface area contributed by atoms with Gasteiger partial charge in [0.15, 0.2) is 5.82 Å². The molecule has 0 spiro atoms. The molecule has 0 unspecified atom stereocenters. The summed E-state index contributed by atoms with van der Waals surface area (Å²) in [6, 6.07) is 38.6. The molecular weight excluding hydrogens is 476 g/mol. The summed E-state index contributed by atoms with van der Waals surface area (Å²) in [5.41, 5.74) is 7.31. The maximum atomic E-state index is 6.22. The molecule has 7 aromatic rings. The van der Waals surface area contributed by atoms with Crippen LogP contribution in [-0.4, -0.2) is 19.9 Å². The molecular formula is C32H19ClN4. The number of hydrogen-bond acceptors (Lipinski definition) is 4. The lowest BCUT2D eigenvalue weighted by Gasteiger charge is -2.11. The van der Waals surface area contributed by atoms with Gasteiger partial charge < -0.3 is 0 Å². The van der Waals surface area contributed by atoms with Crippen molar-refractivity contribution in [3.63, 3.8) is 0 Å². The Bertz CT molecular complexity index is 1950. The van der Waals surface area contributed by atoms with Crippen LogP contribution in [0.2, 0.25) is 5.15 Å². The van der Waals surface area contributed by atoms with E-state index in [4.69, 9.17) is 26.6 Å². The van der Waals surface area contributed by atoms with Gasteiger partial charge in [-0.25, -0.2) is 19.9 Å². The van der Waals surface area contributed by atoms with Gasteiger partial charge in [-0.3, -0.25) is 0 Å². The van der Waals surface area contributed by atoms with Crippen LogP contribution in [0, 0.1) is 0 Å². The summed E-state index contributed by atoms with van der Waals surface area (Å²) in [4.78, 5) is 19.4. The predicted octanol–water partition coefficient (Wildman–Crippen LogP) is 8.38. The number of benzene rings is 4. The van der Waals surface area contributed by atoms with Crippen LogP contribution in [-0.2, 0) is 0 Å². The van der Waals surface area contributed by atoms with Gasteiger partial charge in [0.2, 0.25) is 0 Å². The number of pyridine rings is 2. The summed E-state index contributed by atoms with van der Waals surface area (Å²) in [7, 11) is 0. The molecule has 0 amide bonds. The number of aromatic nitrogens is 4. The van der Waals surface area contributed by atoms with E-state index >= 15 is 0 Å². The average Bonchev–Trinajstić information content (AvgIpc) is 2.97. The Hall–Kier alpha value is -4.67. The number of para-hydroxylation sites is 1. The second-order valence-corrected chi connectivity index (χ2v) is 9.29. The smallest absolute Gasteiger partial charge is 0.160 e. The fraction of sp³-hybridized carbons (Fsp3) is 0. The summed E-state index contributed by atoms with van der Waals surface area (Å²) in [6.45, 7) is 0. The molecule has 0 bridgehead atoms. The molecule has 0 N–H and O–H groups in total. The molecule has 7 rings (SSSR count). The van der Waals surface area contributed by atoms with Gasteiger partial charge in [0, 0.05) is 32.8 Å². The molecule has 4 nitrogen and oxygen atoms in total. The van der Waals surface area contributed by atoms with E-state index in [2.05, 4.69) is 41.4 Å². The zero-order valence-corrected chi connectivity index (χ0v) is 20.4. The van der Waals surface area contributed by atoms with Gasteiger partial charge in [0.05, 0.1) is 27.9 Å². The first-order valence-electron chi connectivity index (χ1n) is 12.0. The molecule has 37 heavy (non-hydrogen) atoms. The van der Waals surface area contributed by atoms with Gasteiger partial charge in [-0.05, 0) is 30.3 Å².